The molecule has 1 atom stereocenters. The fourth-order valence-corrected chi connectivity index (χ4v) is 5.22. The standard InChI is InChI=1S/C24H21BrCl4N2O5/c1-3-5-6-14(24(35)36-10-15(32)30-13-8-7-12(25)9-11(13)4-2)31-22(33)16-17(23(31)34)19(27)21(29)20(28)18(16)26/h7-9,14H,3-6,10H2,1-2H3,(H,30,32)/t14-/m0/s1. The highest BCUT2D eigenvalue weighted by molar-refractivity contribution is 9.10. The molecule has 0 aromatic heterocycles. The van der Waals surface area contributed by atoms with E-state index >= 15 is 0 Å². The van der Waals surface area contributed by atoms with Crippen molar-refractivity contribution in [3.05, 3.63) is 59.5 Å². The molecule has 7 nitrogen and oxygen atoms in total. The number of imide groups is 1. The molecule has 12 heteroatoms. The molecule has 3 amide bonds. The smallest absolute Gasteiger partial charge is 0.329 e. The summed E-state index contributed by atoms with van der Waals surface area (Å²) in [7, 11) is 0. The van der Waals surface area contributed by atoms with E-state index in [1.165, 1.54) is 0 Å². The number of amides is 3. The normalized spacial score (nSPS) is 13.6. The Bertz CT molecular complexity index is 1210. The Morgan fingerprint density at radius 1 is 1.00 bits per heavy atom. The van der Waals surface area contributed by atoms with E-state index in [1.54, 1.807) is 12.1 Å². The van der Waals surface area contributed by atoms with Gasteiger partial charge in [0.25, 0.3) is 17.7 Å². The predicted octanol–water partition coefficient (Wildman–Crippen LogP) is 6.96. The number of nitrogens with zero attached hydrogens (tertiary/aromatic N) is 1. The maximum Gasteiger partial charge on any atom is 0.329 e. The number of carbonyl (C=O) groups excluding carboxylic acids is 4. The zero-order chi connectivity index (χ0) is 26.7. The minimum Gasteiger partial charge on any atom is -0.454 e. The topological polar surface area (TPSA) is 92.8 Å². The summed E-state index contributed by atoms with van der Waals surface area (Å²) in [4.78, 5) is 52.7. The zero-order valence-corrected chi connectivity index (χ0v) is 23.8. The first-order valence-corrected chi connectivity index (χ1v) is 13.3. The van der Waals surface area contributed by atoms with Gasteiger partial charge in [-0.3, -0.25) is 19.3 Å². The second-order valence-corrected chi connectivity index (χ2v) is 10.4. The second-order valence-electron chi connectivity index (χ2n) is 7.96. The molecule has 2 aromatic carbocycles. The van der Waals surface area contributed by atoms with Crippen molar-refractivity contribution in [2.45, 2.75) is 45.6 Å². The third kappa shape index (κ3) is 5.68. The molecule has 2 aromatic rings. The molecular weight excluding hydrogens is 618 g/mol. The van der Waals surface area contributed by atoms with Crippen molar-refractivity contribution in [3.63, 3.8) is 0 Å². The number of halogens is 5. The number of unbranched alkanes of at least 4 members (excludes halogenated alkanes) is 1. The summed E-state index contributed by atoms with van der Waals surface area (Å²) < 4.78 is 6.09. The van der Waals surface area contributed by atoms with Gasteiger partial charge in [0.05, 0.1) is 31.2 Å². The van der Waals surface area contributed by atoms with Gasteiger partial charge < -0.3 is 10.1 Å². The molecule has 0 aliphatic carbocycles. The number of anilines is 1. The summed E-state index contributed by atoms with van der Waals surface area (Å²) in [5.41, 5.74) is 1.02. The van der Waals surface area contributed by atoms with Gasteiger partial charge in [0.1, 0.15) is 6.04 Å². The molecule has 1 heterocycles. The lowest BCUT2D eigenvalue weighted by Gasteiger charge is -2.24. The van der Waals surface area contributed by atoms with Crippen LogP contribution in [0.4, 0.5) is 5.69 Å². The van der Waals surface area contributed by atoms with Gasteiger partial charge in [-0.1, -0.05) is 89.0 Å². The zero-order valence-electron chi connectivity index (χ0n) is 19.2. The lowest BCUT2D eigenvalue weighted by molar-refractivity contribution is -0.151. The largest absolute Gasteiger partial charge is 0.454 e. The molecule has 192 valence electrons. The number of hydrogen-bond donors (Lipinski definition) is 1. The average Bonchev–Trinajstić information content (AvgIpc) is 3.11. The van der Waals surface area contributed by atoms with Gasteiger partial charge in [-0.15, -0.1) is 0 Å². The summed E-state index contributed by atoms with van der Waals surface area (Å²) in [6, 6.07) is 4.08. The summed E-state index contributed by atoms with van der Waals surface area (Å²) in [5.74, 6) is -3.17. The van der Waals surface area contributed by atoms with Crippen molar-refractivity contribution in [2.75, 3.05) is 11.9 Å². The van der Waals surface area contributed by atoms with Crippen LogP contribution in [0.2, 0.25) is 20.1 Å². The minimum absolute atomic E-state index is 0.117. The molecule has 0 radical (unpaired) electrons. The summed E-state index contributed by atoms with van der Waals surface area (Å²) in [6.45, 7) is 3.22. The Morgan fingerprint density at radius 2 is 1.58 bits per heavy atom. The first-order valence-electron chi connectivity index (χ1n) is 11.0. The van der Waals surface area contributed by atoms with E-state index in [-0.39, 0.29) is 37.6 Å². The van der Waals surface area contributed by atoms with Crippen molar-refractivity contribution in [1.29, 1.82) is 0 Å². The third-order valence-corrected chi connectivity index (χ3v) is 7.91. The second kappa shape index (κ2) is 12.1. The number of aryl methyl sites for hydroxylation is 1. The molecule has 1 aliphatic rings. The first-order chi connectivity index (χ1) is 17.0. The molecule has 1 N–H and O–H groups in total. The highest BCUT2D eigenvalue weighted by Crippen LogP contribution is 2.45. The number of hydrogen-bond acceptors (Lipinski definition) is 5. The van der Waals surface area contributed by atoms with Crippen LogP contribution in [-0.4, -0.2) is 41.2 Å². The van der Waals surface area contributed by atoms with Crippen molar-refractivity contribution < 1.29 is 23.9 Å². The Labute approximate surface area is 236 Å². The Morgan fingerprint density at radius 3 is 2.11 bits per heavy atom. The monoisotopic (exact) mass is 636 g/mol. The summed E-state index contributed by atoms with van der Waals surface area (Å²) >= 11 is 27.9. The minimum atomic E-state index is -1.30. The quantitative estimate of drug-likeness (QED) is 0.139. The summed E-state index contributed by atoms with van der Waals surface area (Å²) in [6.07, 6.45) is 1.97. The molecule has 0 saturated carbocycles. The molecule has 0 unspecified atom stereocenters. The van der Waals surface area contributed by atoms with Crippen LogP contribution >= 0.6 is 62.3 Å². The van der Waals surface area contributed by atoms with Gasteiger partial charge >= 0.3 is 5.97 Å². The van der Waals surface area contributed by atoms with Crippen LogP contribution in [0.3, 0.4) is 0 Å². The van der Waals surface area contributed by atoms with Crippen LogP contribution in [0, 0.1) is 0 Å². The average molecular weight is 639 g/mol. The van der Waals surface area contributed by atoms with Gasteiger partial charge in [-0.25, -0.2) is 4.79 Å². The lowest BCUT2D eigenvalue weighted by Crippen LogP contribution is -2.46. The third-order valence-electron chi connectivity index (χ3n) is 5.62. The first kappa shape index (κ1) is 28.7. The number of carbonyl (C=O) groups is 4. The Hall–Kier alpha value is -1.84. The Kier molecular flexibility index (Phi) is 9.68. The van der Waals surface area contributed by atoms with Crippen molar-refractivity contribution in [2.24, 2.45) is 0 Å². The molecule has 0 spiro atoms. The predicted molar refractivity (Wildman–Crippen MR) is 143 cm³/mol. The Balaban J connectivity index is 1.80. The van der Waals surface area contributed by atoms with E-state index < -0.39 is 36.3 Å². The molecule has 0 saturated heterocycles. The molecule has 3 rings (SSSR count). The van der Waals surface area contributed by atoms with Crippen molar-refractivity contribution in [1.82, 2.24) is 4.90 Å². The van der Waals surface area contributed by atoms with Gasteiger partial charge in [0.2, 0.25) is 0 Å². The number of fused-ring (bicyclic) bond motifs is 1. The highest BCUT2D eigenvalue weighted by Gasteiger charge is 2.47. The van der Waals surface area contributed by atoms with Gasteiger partial charge in [0, 0.05) is 10.2 Å². The maximum absolute atomic E-state index is 13.2. The number of ether oxygens (including phenoxy) is 1. The molecule has 36 heavy (non-hydrogen) atoms. The van der Waals surface area contributed by atoms with E-state index in [0.717, 1.165) is 14.9 Å². The van der Waals surface area contributed by atoms with Crippen LogP contribution in [0.15, 0.2) is 22.7 Å². The SMILES string of the molecule is CCCC[C@@H](C(=O)OCC(=O)Nc1ccc(Br)cc1CC)N1C(=O)c2c(Cl)c(Cl)c(Cl)c(Cl)c2C1=O. The maximum atomic E-state index is 13.2. The van der Waals surface area contributed by atoms with Crippen molar-refractivity contribution in [3.8, 4) is 0 Å². The van der Waals surface area contributed by atoms with E-state index in [4.69, 9.17) is 51.1 Å². The lowest BCUT2D eigenvalue weighted by atomic mass is 10.1. The van der Waals surface area contributed by atoms with E-state index in [1.807, 2.05) is 19.9 Å². The van der Waals surface area contributed by atoms with Crippen LogP contribution in [0.1, 0.15) is 59.4 Å². The van der Waals surface area contributed by atoms with Crippen LogP contribution < -0.4 is 5.32 Å². The van der Waals surface area contributed by atoms with Crippen LogP contribution in [0.25, 0.3) is 0 Å². The summed E-state index contributed by atoms with van der Waals surface area (Å²) in [5, 5.41) is 1.90. The van der Waals surface area contributed by atoms with Gasteiger partial charge in [0.15, 0.2) is 6.61 Å². The van der Waals surface area contributed by atoms with Gasteiger partial charge in [-0.05, 0) is 36.6 Å². The fourth-order valence-electron chi connectivity index (χ4n) is 3.80. The number of benzene rings is 2. The van der Waals surface area contributed by atoms with E-state index in [9.17, 15) is 19.2 Å². The van der Waals surface area contributed by atoms with Crippen molar-refractivity contribution >= 4 is 91.7 Å². The molecule has 0 fully saturated rings. The number of rotatable bonds is 9. The highest BCUT2D eigenvalue weighted by atomic mass is 79.9. The van der Waals surface area contributed by atoms with E-state index in [2.05, 4.69) is 21.2 Å². The van der Waals surface area contributed by atoms with Crippen LogP contribution in [0.5, 0.6) is 0 Å². The van der Waals surface area contributed by atoms with Gasteiger partial charge in [-0.2, -0.15) is 0 Å². The fraction of sp³-hybridized carbons (Fsp3) is 0.333. The number of esters is 1. The molecule has 1 aliphatic heterocycles. The number of nitrogens with one attached hydrogen (secondary N) is 1. The van der Waals surface area contributed by atoms with E-state index in [0.29, 0.717) is 24.9 Å². The molecular formula is C24H21BrCl4N2O5. The molecule has 0 bridgehead atoms. The van der Waals surface area contributed by atoms with Crippen LogP contribution in [-0.2, 0) is 20.7 Å².